The number of carbonyl (C=O) groups excluding carboxylic acids is 1. The maximum absolute atomic E-state index is 13.2. The average molecular weight is 366 g/mol. The highest BCUT2D eigenvalue weighted by molar-refractivity contribution is 7.97. The van der Waals surface area contributed by atoms with Crippen molar-refractivity contribution in [3.8, 4) is 0 Å². The van der Waals surface area contributed by atoms with Gasteiger partial charge in [0.2, 0.25) is 5.91 Å². The van der Waals surface area contributed by atoms with Crippen LogP contribution in [0.25, 0.3) is 11.0 Å². The van der Waals surface area contributed by atoms with Crippen molar-refractivity contribution in [1.82, 2.24) is 9.55 Å². The number of hydrogen-bond acceptors (Lipinski definition) is 4. The molecule has 1 amide bonds. The molecular weight excluding hydrogens is 344 g/mol. The summed E-state index contributed by atoms with van der Waals surface area (Å²) in [4.78, 5) is 19.8. The van der Waals surface area contributed by atoms with E-state index in [4.69, 9.17) is 10.7 Å². The Bertz CT molecular complexity index is 966. The molecule has 0 unspecified atom stereocenters. The summed E-state index contributed by atoms with van der Waals surface area (Å²) < 4.78 is 2.05. The minimum atomic E-state index is 0.0852. The second-order valence-corrected chi connectivity index (χ2v) is 7.40. The van der Waals surface area contributed by atoms with Crippen LogP contribution in [0.15, 0.2) is 42.5 Å². The summed E-state index contributed by atoms with van der Waals surface area (Å²) in [6.45, 7) is 1.03. The topological polar surface area (TPSA) is 64.2 Å². The van der Waals surface area contributed by atoms with Gasteiger partial charge in [0.1, 0.15) is 12.4 Å². The van der Waals surface area contributed by atoms with Crippen molar-refractivity contribution in [1.29, 1.82) is 0 Å². The largest absolute Gasteiger partial charge is 0.398 e. The number of aromatic nitrogens is 2. The van der Waals surface area contributed by atoms with Crippen LogP contribution in [0.1, 0.15) is 17.8 Å². The van der Waals surface area contributed by atoms with Crippen LogP contribution in [0.5, 0.6) is 0 Å². The second kappa shape index (κ2) is 7.03. The first-order valence-electron chi connectivity index (χ1n) is 8.80. The number of amides is 1. The summed E-state index contributed by atoms with van der Waals surface area (Å²) in [5.41, 5.74) is 10.9. The number of benzene rings is 2. The van der Waals surface area contributed by atoms with Gasteiger partial charge in [-0.25, -0.2) is 4.98 Å². The van der Waals surface area contributed by atoms with Crippen molar-refractivity contribution < 1.29 is 4.79 Å². The molecule has 0 saturated heterocycles. The molecule has 6 heteroatoms. The lowest BCUT2D eigenvalue weighted by molar-refractivity contribution is -0.119. The fourth-order valence-electron chi connectivity index (χ4n) is 3.67. The zero-order valence-corrected chi connectivity index (χ0v) is 15.6. The molecule has 3 aromatic rings. The Balaban J connectivity index is 1.69. The third kappa shape index (κ3) is 2.94. The molecule has 2 N–H and O–H groups in total. The molecule has 2 aromatic carbocycles. The van der Waals surface area contributed by atoms with Crippen LogP contribution in [0.3, 0.4) is 0 Å². The van der Waals surface area contributed by atoms with Crippen molar-refractivity contribution in [2.75, 3.05) is 23.4 Å². The number of fused-ring (bicyclic) bond motifs is 2. The second-order valence-electron chi connectivity index (χ2n) is 6.53. The Morgan fingerprint density at radius 2 is 2.08 bits per heavy atom. The molecule has 1 aliphatic heterocycles. The first kappa shape index (κ1) is 17.0. The molecule has 4 rings (SSSR count). The number of thioether (sulfide) groups is 1. The molecule has 0 atom stereocenters. The molecule has 1 aliphatic rings. The van der Waals surface area contributed by atoms with Crippen molar-refractivity contribution >= 4 is 40.1 Å². The molecule has 0 saturated carbocycles. The van der Waals surface area contributed by atoms with Gasteiger partial charge in [-0.1, -0.05) is 18.2 Å². The number of nitrogen functional groups attached to an aromatic ring is 1. The van der Waals surface area contributed by atoms with E-state index in [1.54, 1.807) is 11.8 Å². The van der Waals surface area contributed by atoms with Gasteiger partial charge in [0.25, 0.3) is 0 Å². The number of imidazole rings is 1. The summed E-state index contributed by atoms with van der Waals surface area (Å²) in [5, 5.41) is 0. The average Bonchev–Trinajstić information content (AvgIpc) is 2.99. The van der Waals surface area contributed by atoms with E-state index < -0.39 is 0 Å². The lowest BCUT2D eigenvalue weighted by Crippen LogP contribution is -2.38. The maximum Gasteiger partial charge on any atom is 0.246 e. The van der Waals surface area contributed by atoms with E-state index in [0.29, 0.717) is 6.54 Å². The first-order valence-corrected chi connectivity index (χ1v) is 10.2. The Morgan fingerprint density at radius 3 is 2.92 bits per heavy atom. The molecule has 0 bridgehead atoms. The fraction of sp³-hybridized carbons (Fsp3) is 0.300. The van der Waals surface area contributed by atoms with Gasteiger partial charge in [-0.15, -0.1) is 0 Å². The molecule has 1 aromatic heterocycles. The van der Waals surface area contributed by atoms with E-state index in [1.807, 2.05) is 47.4 Å². The van der Waals surface area contributed by atoms with E-state index in [0.717, 1.165) is 58.9 Å². The SMILES string of the molecule is CSCc1nc2ccccc2n1CC(=O)N1CCCc2c(N)cccc21. The lowest BCUT2D eigenvalue weighted by atomic mass is 10.00. The third-order valence-corrected chi connectivity index (χ3v) is 5.44. The van der Waals surface area contributed by atoms with Gasteiger partial charge < -0.3 is 15.2 Å². The summed E-state index contributed by atoms with van der Waals surface area (Å²) in [7, 11) is 0. The number of hydrogen-bond donors (Lipinski definition) is 1. The van der Waals surface area contributed by atoms with E-state index in [1.165, 1.54) is 0 Å². The van der Waals surface area contributed by atoms with Gasteiger partial charge in [-0.3, -0.25) is 4.79 Å². The third-order valence-electron chi connectivity index (χ3n) is 4.89. The zero-order chi connectivity index (χ0) is 18.1. The highest BCUT2D eigenvalue weighted by Gasteiger charge is 2.25. The molecule has 0 radical (unpaired) electrons. The standard InChI is InChI=1S/C20H22N4OS/c1-26-13-19-22-16-8-2-3-9-18(16)24(19)12-20(25)23-11-5-6-14-15(21)7-4-10-17(14)23/h2-4,7-10H,5-6,11-13,21H2,1H3. The van der Waals surface area contributed by atoms with E-state index in [-0.39, 0.29) is 5.91 Å². The molecule has 5 nitrogen and oxygen atoms in total. The van der Waals surface area contributed by atoms with Crippen LogP contribution in [-0.4, -0.2) is 28.3 Å². The Morgan fingerprint density at radius 1 is 1.23 bits per heavy atom. The van der Waals surface area contributed by atoms with Crippen LogP contribution < -0.4 is 10.6 Å². The van der Waals surface area contributed by atoms with Crippen LogP contribution >= 0.6 is 11.8 Å². The van der Waals surface area contributed by atoms with Gasteiger partial charge in [-0.05, 0) is 48.9 Å². The molecule has 0 aliphatic carbocycles. The highest BCUT2D eigenvalue weighted by Crippen LogP contribution is 2.31. The van der Waals surface area contributed by atoms with Crippen LogP contribution in [-0.2, 0) is 23.5 Å². The monoisotopic (exact) mass is 366 g/mol. The highest BCUT2D eigenvalue weighted by atomic mass is 32.2. The predicted octanol–water partition coefficient (Wildman–Crippen LogP) is 3.46. The Hall–Kier alpha value is -2.47. The van der Waals surface area contributed by atoms with Crippen LogP contribution in [0, 0.1) is 0 Å². The summed E-state index contributed by atoms with van der Waals surface area (Å²) >= 11 is 1.71. The molecule has 26 heavy (non-hydrogen) atoms. The molecular formula is C20H22N4OS. The van der Waals surface area contributed by atoms with Gasteiger partial charge in [0.15, 0.2) is 0 Å². The normalized spacial score (nSPS) is 13.8. The minimum Gasteiger partial charge on any atom is -0.398 e. The van der Waals surface area contributed by atoms with E-state index >= 15 is 0 Å². The smallest absolute Gasteiger partial charge is 0.246 e. The van der Waals surface area contributed by atoms with E-state index in [9.17, 15) is 4.79 Å². The van der Waals surface area contributed by atoms with Gasteiger partial charge >= 0.3 is 0 Å². The van der Waals surface area contributed by atoms with Crippen molar-refractivity contribution in [2.24, 2.45) is 0 Å². The number of para-hydroxylation sites is 2. The van der Waals surface area contributed by atoms with Crippen molar-refractivity contribution in [2.45, 2.75) is 25.1 Å². The number of nitrogens with two attached hydrogens (primary N) is 1. The van der Waals surface area contributed by atoms with Crippen molar-refractivity contribution in [3.05, 3.63) is 53.9 Å². The van der Waals surface area contributed by atoms with Gasteiger partial charge in [0.05, 0.1) is 16.8 Å². The Labute approximate surface area is 157 Å². The minimum absolute atomic E-state index is 0.0852. The predicted molar refractivity (Wildman–Crippen MR) is 108 cm³/mol. The zero-order valence-electron chi connectivity index (χ0n) is 14.8. The van der Waals surface area contributed by atoms with Crippen LogP contribution in [0.2, 0.25) is 0 Å². The quantitative estimate of drug-likeness (QED) is 0.718. The lowest BCUT2D eigenvalue weighted by Gasteiger charge is -2.30. The summed E-state index contributed by atoms with van der Waals surface area (Å²) in [6.07, 6.45) is 3.92. The Kier molecular flexibility index (Phi) is 4.59. The maximum atomic E-state index is 13.2. The van der Waals surface area contributed by atoms with Gasteiger partial charge in [-0.2, -0.15) is 11.8 Å². The molecule has 134 valence electrons. The number of anilines is 2. The fourth-order valence-corrected chi connectivity index (χ4v) is 4.15. The number of rotatable bonds is 4. The van der Waals surface area contributed by atoms with E-state index in [2.05, 4.69) is 10.8 Å². The summed E-state index contributed by atoms with van der Waals surface area (Å²) in [6, 6.07) is 13.8. The summed E-state index contributed by atoms with van der Waals surface area (Å²) in [5.74, 6) is 1.81. The molecule has 2 heterocycles. The van der Waals surface area contributed by atoms with Crippen LogP contribution in [0.4, 0.5) is 11.4 Å². The molecule has 0 fully saturated rings. The first-order chi connectivity index (χ1) is 12.7. The van der Waals surface area contributed by atoms with Gasteiger partial charge in [0, 0.05) is 17.9 Å². The number of carbonyl (C=O) groups is 1. The van der Waals surface area contributed by atoms with Crippen molar-refractivity contribution in [3.63, 3.8) is 0 Å². The number of nitrogens with zero attached hydrogens (tertiary/aromatic N) is 3. The molecule has 0 spiro atoms.